The summed E-state index contributed by atoms with van der Waals surface area (Å²) in [6.07, 6.45) is 5.57. The van der Waals surface area contributed by atoms with Crippen LogP contribution in [0.3, 0.4) is 0 Å². The van der Waals surface area contributed by atoms with E-state index in [9.17, 15) is 9.59 Å². The molecule has 5 rings (SSSR count). The van der Waals surface area contributed by atoms with E-state index in [0.717, 1.165) is 47.2 Å². The van der Waals surface area contributed by atoms with E-state index in [1.165, 1.54) is 0 Å². The van der Waals surface area contributed by atoms with Crippen LogP contribution in [-0.4, -0.2) is 34.3 Å². The third kappa shape index (κ3) is 4.35. The molecular formula is C24H26ClN3O3. The smallest absolute Gasteiger partial charge is 0.312 e. The van der Waals surface area contributed by atoms with Crippen LogP contribution in [0.1, 0.15) is 49.2 Å². The Kier molecular flexibility index (Phi) is 5.26. The number of nitrogens with zero attached hydrogens (tertiary/aromatic N) is 1. The number of amides is 2. The molecule has 2 aliphatic carbocycles. The van der Waals surface area contributed by atoms with Gasteiger partial charge in [0, 0.05) is 40.6 Å². The summed E-state index contributed by atoms with van der Waals surface area (Å²) in [7, 11) is 0. The van der Waals surface area contributed by atoms with Gasteiger partial charge in [0.05, 0.1) is 6.54 Å². The zero-order valence-corrected chi connectivity index (χ0v) is 18.2. The van der Waals surface area contributed by atoms with Crippen LogP contribution in [0.4, 0.5) is 0 Å². The first-order valence-electron chi connectivity index (χ1n) is 10.9. The van der Waals surface area contributed by atoms with E-state index < -0.39 is 11.8 Å². The van der Waals surface area contributed by atoms with E-state index in [-0.39, 0.29) is 6.04 Å². The van der Waals surface area contributed by atoms with Gasteiger partial charge in [0.25, 0.3) is 0 Å². The van der Waals surface area contributed by atoms with Crippen molar-refractivity contribution in [3.63, 3.8) is 0 Å². The van der Waals surface area contributed by atoms with Crippen molar-refractivity contribution in [1.29, 1.82) is 0 Å². The van der Waals surface area contributed by atoms with Gasteiger partial charge in [-0.2, -0.15) is 0 Å². The number of hydrogen-bond acceptors (Lipinski definition) is 3. The van der Waals surface area contributed by atoms with Crippen molar-refractivity contribution in [2.45, 2.75) is 51.1 Å². The lowest BCUT2D eigenvalue weighted by Crippen LogP contribution is -2.44. The number of aromatic amines is 1. The van der Waals surface area contributed by atoms with E-state index in [2.05, 4.69) is 17.2 Å². The Hall–Kier alpha value is -2.73. The second kappa shape index (κ2) is 8.08. The van der Waals surface area contributed by atoms with Crippen molar-refractivity contribution < 1.29 is 14.0 Å². The molecule has 0 spiro atoms. The van der Waals surface area contributed by atoms with Crippen LogP contribution in [0.15, 0.2) is 40.9 Å². The van der Waals surface area contributed by atoms with E-state index in [0.29, 0.717) is 36.4 Å². The summed E-state index contributed by atoms with van der Waals surface area (Å²) >= 11 is 6.03. The number of halogens is 1. The number of H-pyrrole nitrogens is 1. The highest BCUT2D eigenvalue weighted by molar-refractivity contribution is 6.35. The third-order valence-corrected chi connectivity index (χ3v) is 6.57. The predicted octanol–water partition coefficient (Wildman–Crippen LogP) is 4.39. The Morgan fingerprint density at radius 2 is 2.06 bits per heavy atom. The standard InChI is InChI=1S/C24H26ClN3O3/c1-14-10-20(14)22-7-5-18(31-22)13-28(17-3-4-17)24(30)23(29)26-9-8-15-12-27-21-11-16(25)2-6-19(15)21/h2,5-7,11-12,14,17,20,27H,3-4,8-10,13H2,1H3,(H,26,29). The molecule has 2 heterocycles. The number of benzene rings is 1. The molecule has 2 saturated carbocycles. The number of hydrogen-bond donors (Lipinski definition) is 2. The average Bonchev–Trinajstić information content (AvgIpc) is 3.64. The van der Waals surface area contributed by atoms with E-state index >= 15 is 0 Å². The second-order valence-corrected chi connectivity index (χ2v) is 9.23. The summed E-state index contributed by atoms with van der Waals surface area (Å²) in [6, 6.07) is 9.76. The second-order valence-electron chi connectivity index (χ2n) is 8.80. The van der Waals surface area contributed by atoms with Gasteiger partial charge in [-0.25, -0.2) is 0 Å². The quantitative estimate of drug-likeness (QED) is 0.536. The number of aromatic nitrogens is 1. The largest absolute Gasteiger partial charge is 0.464 e. The van der Waals surface area contributed by atoms with Gasteiger partial charge < -0.3 is 19.6 Å². The highest BCUT2D eigenvalue weighted by atomic mass is 35.5. The van der Waals surface area contributed by atoms with Crippen LogP contribution in [0, 0.1) is 5.92 Å². The number of nitrogens with one attached hydrogen (secondary N) is 2. The van der Waals surface area contributed by atoms with Crippen LogP contribution >= 0.6 is 11.6 Å². The third-order valence-electron chi connectivity index (χ3n) is 6.34. The number of furan rings is 1. The van der Waals surface area contributed by atoms with Crippen molar-refractivity contribution in [3.8, 4) is 0 Å². The SMILES string of the molecule is CC1CC1c1ccc(CN(C(=O)C(=O)NCCc2c[nH]c3cc(Cl)ccc23)C2CC2)o1. The molecule has 2 aromatic heterocycles. The molecule has 0 bridgehead atoms. The van der Waals surface area contributed by atoms with Crippen LogP contribution in [0.25, 0.3) is 10.9 Å². The minimum atomic E-state index is -0.558. The molecule has 0 saturated heterocycles. The van der Waals surface area contributed by atoms with Crippen molar-refractivity contribution in [3.05, 3.63) is 58.6 Å². The normalized spacial score (nSPS) is 20.1. The molecule has 2 aliphatic rings. The van der Waals surface area contributed by atoms with Crippen LogP contribution < -0.4 is 5.32 Å². The molecule has 2 fully saturated rings. The molecule has 31 heavy (non-hydrogen) atoms. The Labute approximate surface area is 185 Å². The average molecular weight is 440 g/mol. The van der Waals surface area contributed by atoms with Crippen LogP contribution in [0.5, 0.6) is 0 Å². The van der Waals surface area contributed by atoms with E-state index in [4.69, 9.17) is 16.0 Å². The van der Waals surface area contributed by atoms with Crippen LogP contribution in [-0.2, 0) is 22.6 Å². The molecule has 0 radical (unpaired) electrons. The Bertz CT molecular complexity index is 1130. The molecular weight excluding hydrogens is 414 g/mol. The van der Waals surface area contributed by atoms with Crippen LogP contribution in [0.2, 0.25) is 5.02 Å². The highest BCUT2D eigenvalue weighted by Gasteiger charge is 2.38. The molecule has 1 aromatic carbocycles. The van der Waals surface area contributed by atoms with E-state index in [1.807, 2.05) is 36.5 Å². The first-order chi connectivity index (χ1) is 15.0. The molecule has 162 valence electrons. The predicted molar refractivity (Wildman–Crippen MR) is 119 cm³/mol. The Morgan fingerprint density at radius 3 is 2.81 bits per heavy atom. The first kappa shape index (κ1) is 20.2. The number of carbonyl (C=O) groups is 2. The molecule has 3 aromatic rings. The molecule has 0 aliphatic heterocycles. The first-order valence-corrected chi connectivity index (χ1v) is 11.3. The van der Waals surface area contributed by atoms with Gasteiger partial charge in [-0.15, -0.1) is 0 Å². The number of fused-ring (bicyclic) bond motifs is 1. The number of carbonyl (C=O) groups excluding carboxylic acids is 2. The van der Waals surface area contributed by atoms with Crippen molar-refractivity contribution >= 4 is 34.3 Å². The van der Waals surface area contributed by atoms with Gasteiger partial charge in [-0.05, 0) is 61.4 Å². The summed E-state index contributed by atoms with van der Waals surface area (Å²) < 4.78 is 5.96. The monoisotopic (exact) mass is 439 g/mol. The van der Waals surface area contributed by atoms with Gasteiger partial charge >= 0.3 is 11.8 Å². The van der Waals surface area contributed by atoms with Crippen molar-refractivity contribution in [2.24, 2.45) is 5.92 Å². The van der Waals surface area contributed by atoms with Crippen molar-refractivity contribution in [2.75, 3.05) is 6.54 Å². The molecule has 2 amide bonds. The fraction of sp³-hybridized carbons (Fsp3) is 0.417. The lowest BCUT2D eigenvalue weighted by molar-refractivity contribution is -0.146. The molecule has 2 N–H and O–H groups in total. The van der Waals surface area contributed by atoms with Gasteiger partial charge in [-0.1, -0.05) is 24.6 Å². The maximum absolute atomic E-state index is 12.8. The minimum absolute atomic E-state index is 0.130. The van der Waals surface area contributed by atoms with Crippen molar-refractivity contribution in [1.82, 2.24) is 15.2 Å². The maximum atomic E-state index is 12.8. The van der Waals surface area contributed by atoms with Gasteiger partial charge in [0.2, 0.25) is 0 Å². The zero-order valence-electron chi connectivity index (χ0n) is 17.5. The van der Waals surface area contributed by atoms with Gasteiger partial charge in [-0.3, -0.25) is 9.59 Å². The molecule has 7 heteroatoms. The molecule has 2 unspecified atom stereocenters. The fourth-order valence-electron chi connectivity index (χ4n) is 4.20. The molecule has 6 nitrogen and oxygen atoms in total. The topological polar surface area (TPSA) is 78.3 Å². The summed E-state index contributed by atoms with van der Waals surface area (Å²) in [6.45, 7) is 2.95. The molecule has 2 atom stereocenters. The Morgan fingerprint density at radius 1 is 1.26 bits per heavy atom. The summed E-state index contributed by atoms with van der Waals surface area (Å²) in [5.41, 5.74) is 2.04. The zero-order chi connectivity index (χ0) is 21.5. The summed E-state index contributed by atoms with van der Waals surface area (Å²) in [5, 5.41) is 4.53. The summed E-state index contributed by atoms with van der Waals surface area (Å²) in [4.78, 5) is 30.2. The minimum Gasteiger partial charge on any atom is -0.464 e. The fourth-order valence-corrected chi connectivity index (χ4v) is 4.37. The van der Waals surface area contributed by atoms with Gasteiger partial charge in [0.1, 0.15) is 11.5 Å². The number of rotatable bonds is 7. The summed E-state index contributed by atoms with van der Waals surface area (Å²) in [5.74, 6) is 1.88. The van der Waals surface area contributed by atoms with Gasteiger partial charge in [0.15, 0.2) is 0 Å². The lowest BCUT2D eigenvalue weighted by atomic mass is 10.1. The maximum Gasteiger partial charge on any atom is 0.312 e. The Balaban J connectivity index is 1.17. The lowest BCUT2D eigenvalue weighted by Gasteiger charge is -2.20. The highest BCUT2D eigenvalue weighted by Crippen LogP contribution is 2.47. The van der Waals surface area contributed by atoms with E-state index in [1.54, 1.807) is 4.90 Å².